The maximum absolute atomic E-state index is 10.7. The van der Waals surface area contributed by atoms with E-state index >= 15 is 0 Å². The summed E-state index contributed by atoms with van der Waals surface area (Å²) in [5.41, 5.74) is 5.98. The number of hydrogen-bond acceptors (Lipinski definition) is 6. The van der Waals surface area contributed by atoms with Crippen molar-refractivity contribution in [2.24, 2.45) is 0 Å². The number of benzene rings is 1. The number of nitrogens with two attached hydrogens (primary N) is 1. The molecule has 1 rings (SSSR count). The molecular weight excluding hydrogens is 240 g/mol. The Morgan fingerprint density at radius 3 is 2.33 bits per heavy atom. The molecular formula is C11H16N2O5. The normalized spacial score (nSPS) is 9.28. The summed E-state index contributed by atoms with van der Waals surface area (Å²) >= 11 is 0. The third-order valence-electron chi connectivity index (χ3n) is 1.91. The van der Waals surface area contributed by atoms with E-state index in [4.69, 9.17) is 10.5 Å². The van der Waals surface area contributed by atoms with Crippen LogP contribution in [0.25, 0.3) is 0 Å². The number of ether oxygens (including phenoxy) is 2. The lowest BCUT2D eigenvalue weighted by Crippen LogP contribution is -2.01. The van der Waals surface area contributed by atoms with Crippen molar-refractivity contribution in [2.75, 3.05) is 27.1 Å². The van der Waals surface area contributed by atoms with Crippen molar-refractivity contribution in [1.82, 2.24) is 0 Å². The van der Waals surface area contributed by atoms with Crippen molar-refractivity contribution in [2.45, 2.75) is 6.61 Å². The standard InChI is InChI=1S/C9H10N2O4.C2H6O/c1-15-5-7-2-8(10)9(11(13)14)3-6(7)4-12;1-3-2/h2-4H,5,10H2,1H3;1-2H3. The molecule has 0 radical (unpaired) electrons. The van der Waals surface area contributed by atoms with Gasteiger partial charge in [-0.3, -0.25) is 14.9 Å². The Hall–Kier alpha value is -1.99. The highest BCUT2D eigenvalue weighted by Crippen LogP contribution is 2.25. The maximum atomic E-state index is 10.7. The van der Waals surface area contributed by atoms with Crippen molar-refractivity contribution in [3.05, 3.63) is 33.4 Å². The lowest BCUT2D eigenvalue weighted by molar-refractivity contribution is -0.383. The number of anilines is 1. The Bertz CT molecular complexity index is 420. The first-order valence-electron chi connectivity index (χ1n) is 4.92. The molecule has 0 aliphatic carbocycles. The van der Waals surface area contributed by atoms with Gasteiger partial charge in [0, 0.05) is 33.0 Å². The highest BCUT2D eigenvalue weighted by molar-refractivity contribution is 5.81. The van der Waals surface area contributed by atoms with Crippen LogP contribution in [0, 0.1) is 10.1 Å². The van der Waals surface area contributed by atoms with Crippen LogP contribution in [-0.2, 0) is 16.1 Å². The SMILES string of the molecule is COC.COCc1cc(N)c([N+](=O)[O-])cc1C=O. The minimum Gasteiger partial charge on any atom is -0.393 e. The van der Waals surface area contributed by atoms with Gasteiger partial charge in [-0.2, -0.15) is 0 Å². The molecule has 0 aromatic heterocycles. The van der Waals surface area contributed by atoms with E-state index in [0.717, 1.165) is 6.07 Å². The summed E-state index contributed by atoms with van der Waals surface area (Å²) in [5.74, 6) is 0. The first kappa shape index (κ1) is 16.0. The molecule has 18 heavy (non-hydrogen) atoms. The predicted octanol–water partition coefficient (Wildman–Crippen LogP) is 1.40. The van der Waals surface area contributed by atoms with E-state index < -0.39 is 4.92 Å². The topological polar surface area (TPSA) is 105 Å². The Labute approximate surface area is 105 Å². The average molecular weight is 256 g/mol. The largest absolute Gasteiger partial charge is 0.393 e. The highest BCUT2D eigenvalue weighted by Gasteiger charge is 2.15. The molecule has 0 fully saturated rings. The molecule has 0 unspecified atom stereocenters. The number of nitrogens with zero attached hydrogens (tertiary/aromatic N) is 1. The predicted molar refractivity (Wildman–Crippen MR) is 66.5 cm³/mol. The molecule has 0 amide bonds. The van der Waals surface area contributed by atoms with E-state index in [9.17, 15) is 14.9 Å². The Balaban J connectivity index is 0.000000873. The van der Waals surface area contributed by atoms with E-state index in [2.05, 4.69) is 4.74 Å². The molecule has 0 heterocycles. The molecule has 0 saturated heterocycles. The minimum atomic E-state index is -0.626. The van der Waals surface area contributed by atoms with Crippen LogP contribution >= 0.6 is 0 Å². The summed E-state index contributed by atoms with van der Waals surface area (Å²) in [6, 6.07) is 2.53. The summed E-state index contributed by atoms with van der Waals surface area (Å²) in [7, 11) is 4.71. The van der Waals surface area contributed by atoms with Crippen molar-refractivity contribution < 1.29 is 19.2 Å². The number of carbonyl (C=O) groups is 1. The van der Waals surface area contributed by atoms with Gasteiger partial charge in [0.15, 0.2) is 6.29 Å². The number of aldehydes is 1. The number of nitro groups is 1. The molecule has 0 aliphatic rings. The van der Waals surface area contributed by atoms with Crippen LogP contribution in [0.15, 0.2) is 12.1 Å². The van der Waals surface area contributed by atoms with E-state index in [0.29, 0.717) is 11.8 Å². The van der Waals surface area contributed by atoms with Crippen LogP contribution in [0.3, 0.4) is 0 Å². The van der Waals surface area contributed by atoms with Crippen LogP contribution in [0.2, 0.25) is 0 Å². The molecule has 0 saturated carbocycles. The lowest BCUT2D eigenvalue weighted by Gasteiger charge is -2.05. The van der Waals surface area contributed by atoms with E-state index in [-0.39, 0.29) is 23.5 Å². The summed E-state index contributed by atoms with van der Waals surface area (Å²) in [4.78, 5) is 20.6. The monoisotopic (exact) mass is 256 g/mol. The van der Waals surface area contributed by atoms with Crippen molar-refractivity contribution in [3.63, 3.8) is 0 Å². The van der Waals surface area contributed by atoms with Crippen LogP contribution in [0.4, 0.5) is 11.4 Å². The zero-order chi connectivity index (χ0) is 14.1. The van der Waals surface area contributed by atoms with Crippen LogP contribution < -0.4 is 5.73 Å². The van der Waals surface area contributed by atoms with Crippen molar-refractivity contribution in [1.29, 1.82) is 0 Å². The van der Waals surface area contributed by atoms with Crippen molar-refractivity contribution in [3.8, 4) is 0 Å². The molecule has 0 aliphatic heterocycles. The molecule has 7 heteroatoms. The molecule has 7 nitrogen and oxygen atoms in total. The summed E-state index contributed by atoms with van der Waals surface area (Å²) < 4.78 is 9.09. The van der Waals surface area contributed by atoms with E-state index in [1.165, 1.54) is 13.2 Å². The fourth-order valence-corrected chi connectivity index (χ4v) is 1.22. The molecule has 0 spiro atoms. The average Bonchev–Trinajstić information content (AvgIpc) is 2.30. The second kappa shape index (κ2) is 8.15. The van der Waals surface area contributed by atoms with Gasteiger partial charge in [-0.15, -0.1) is 0 Å². The van der Waals surface area contributed by atoms with Gasteiger partial charge in [0.25, 0.3) is 5.69 Å². The van der Waals surface area contributed by atoms with Gasteiger partial charge in [0.1, 0.15) is 5.69 Å². The van der Waals surface area contributed by atoms with Gasteiger partial charge < -0.3 is 15.2 Å². The van der Waals surface area contributed by atoms with E-state index in [1.54, 1.807) is 14.2 Å². The van der Waals surface area contributed by atoms with Crippen LogP contribution in [0.1, 0.15) is 15.9 Å². The first-order valence-corrected chi connectivity index (χ1v) is 4.92. The second-order valence-corrected chi connectivity index (χ2v) is 3.33. The third kappa shape index (κ3) is 4.48. The van der Waals surface area contributed by atoms with Gasteiger partial charge in [-0.25, -0.2) is 0 Å². The minimum absolute atomic E-state index is 0.0256. The smallest absolute Gasteiger partial charge is 0.292 e. The van der Waals surface area contributed by atoms with Gasteiger partial charge in [-0.1, -0.05) is 0 Å². The summed E-state index contributed by atoms with van der Waals surface area (Å²) in [6.45, 7) is 0.191. The number of nitro benzene ring substituents is 1. The quantitative estimate of drug-likeness (QED) is 0.378. The molecule has 1 aromatic rings. The van der Waals surface area contributed by atoms with Gasteiger partial charge in [0.05, 0.1) is 11.5 Å². The lowest BCUT2D eigenvalue weighted by atomic mass is 10.1. The number of methoxy groups -OCH3 is 2. The molecule has 0 bridgehead atoms. The number of hydrogen-bond donors (Lipinski definition) is 1. The zero-order valence-corrected chi connectivity index (χ0v) is 10.5. The summed E-state index contributed by atoms with van der Waals surface area (Å²) in [6.07, 6.45) is 0.542. The molecule has 1 aromatic carbocycles. The molecule has 0 atom stereocenters. The summed E-state index contributed by atoms with van der Waals surface area (Å²) in [5, 5.41) is 10.5. The van der Waals surface area contributed by atoms with Crippen LogP contribution in [-0.4, -0.2) is 32.5 Å². The Kier molecular flexibility index (Phi) is 7.25. The third-order valence-corrected chi connectivity index (χ3v) is 1.91. The number of nitrogen functional groups attached to an aromatic ring is 1. The van der Waals surface area contributed by atoms with Gasteiger partial charge in [0.2, 0.25) is 0 Å². The first-order chi connectivity index (χ1) is 8.51. The molecule has 2 N–H and O–H groups in total. The number of rotatable bonds is 4. The second-order valence-electron chi connectivity index (χ2n) is 3.33. The van der Waals surface area contributed by atoms with E-state index in [1.807, 2.05) is 0 Å². The molecule has 100 valence electrons. The fourth-order valence-electron chi connectivity index (χ4n) is 1.22. The zero-order valence-electron chi connectivity index (χ0n) is 10.5. The maximum Gasteiger partial charge on any atom is 0.292 e. The van der Waals surface area contributed by atoms with Gasteiger partial charge in [-0.05, 0) is 11.6 Å². The highest BCUT2D eigenvalue weighted by atomic mass is 16.6. The Morgan fingerprint density at radius 2 is 1.94 bits per heavy atom. The Morgan fingerprint density at radius 1 is 1.39 bits per heavy atom. The van der Waals surface area contributed by atoms with Crippen LogP contribution in [0.5, 0.6) is 0 Å². The number of carbonyl (C=O) groups excluding carboxylic acids is 1. The fraction of sp³-hybridized carbons (Fsp3) is 0.364. The van der Waals surface area contributed by atoms with Crippen molar-refractivity contribution >= 4 is 17.7 Å². The van der Waals surface area contributed by atoms with Gasteiger partial charge >= 0.3 is 0 Å².